The number of hydrogen-bond acceptors (Lipinski definition) is 7. The van der Waals surface area contributed by atoms with Gasteiger partial charge in [0.05, 0.1) is 10.3 Å². The standard InChI is InChI=1S/C33H44N4O5S/c1-43(40,41)29-13-11-25(12-14-29)21-36-20-17-33(31(36)38)15-18-35(19-16-33)22-27-23-37(24-30(27)26-7-3-2-4-8-26)42-32(39)34-28-9-5-6-10-28/h2-4,7-8,11-14,27-28,30H,5-6,9-10,15-24H2,1H3,(H,34,39)/t27-,30+/m0/s1. The lowest BCUT2D eigenvalue weighted by atomic mass is 9.76. The van der Waals surface area contributed by atoms with Crippen LogP contribution in [0.15, 0.2) is 59.5 Å². The third-order valence-electron chi connectivity index (χ3n) is 10.2. The van der Waals surface area contributed by atoms with Gasteiger partial charge in [0, 0.05) is 50.9 Å². The summed E-state index contributed by atoms with van der Waals surface area (Å²) in [5.74, 6) is 0.825. The number of sulfone groups is 1. The number of piperidine rings is 1. The van der Waals surface area contributed by atoms with Crippen molar-refractivity contribution in [1.82, 2.24) is 20.2 Å². The van der Waals surface area contributed by atoms with Crippen LogP contribution >= 0.6 is 0 Å². The molecule has 2 amide bonds. The predicted octanol–water partition coefficient (Wildman–Crippen LogP) is 4.20. The Balaban J connectivity index is 1.04. The van der Waals surface area contributed by atoms with Crippen molar-refractivity contribution in [2.45, 2.75) is 68.3 Å². The van der Waals surface area contributed by atoms with Gasteiger partial charge in [-0.05, 0) is 74.4 Å². The van der Waals surface area contributed by atoms with Gasteiger partial charge in [-0.15, -0.1) is 5.06 Å². The highest BCUT2D eigenvalue weighted by molar-refractivity contribution is 7.90. The minimum Gasteiger partial charge on any atom is -0.351 e. The van der Waals surface area contributed by atoms with Gasteiger partial charge in [-0.1, -0.05) is 55.3 Å². The molecule has 6 rings (SSSR count). The van der Waals surface area contributed by atoms with Crippen molar-refractivity contribution in [2.24, 2.45) is 11.3 Å². The lowest BCUT2D eigenvalue weighted by Gasteiger charge is -2.39. The van der Waals surface area contributed by atoms with E-state index >= 15 is 0 Å². The van der Waals surface area contributed by atoms with Crippen molar-refractivity contribution >= 4 is 21.8 Å². The van der Waals surface area contributed by atoms with Crippen LogP contribution in [0.1, 0.15) is 62.0 Å². The predicted molar refractivity (Wildman–Crippen MR) is 164 cm³/mol. The maximum absolute atomic E-state index is 13.6. The topological polar surface area (TPSA) is 99.3 Å². The third kappa shape index (κ3) is 6.91. The van der Waals surface area contributed by atoms with Crippen LogP contribution in [0.3, 0.4) is 0 Å². The zero-order valence-corrected chi connectivity index (χ0v) is 25.9. The van der Waals surface area contributed by atoms with Crippen molar-refractivity contribution in [3.63, 3.8) is 0 Å². The largest absolute Gasteiger partial charge is 0.426 e. The molecule has 10 heteroatoms. The first-order valence-corrected chi connectivity index (χ1v) is 17.7. The van der Waals surface area contributed by atoms with E-state index in [0.717, 1.165) is 76.7 Å². The molecule has 3 aliphatic heterocycles. The van der Waals surface area contributed by atoms with Gasteiger partial charge in [0.2, 0.25) is 5.91 Å². The summed E-state index contributed by atoms with van der Waals surface area (Å²) in [6, 6.07) is 17.6. The van der Waals surface area contributed by atoms with Crippen molar-refractivity contribution < 1.29 is 22.8 Å². The number of likely N-dealkylation sites (tertiary alicyclic amines) is 2. The highest BCUT2D eigenvalue weighted by Gasteiger charge is 2.48. The Morgan fingerprint density at radius 2 is 1.63 bits per heavy atom. The average Bonchev–Trinajstić information content (AvgIpc) is 3.72. The molecule has 4 fully saturated rings. The summed E-state index contributed by atoms with van der Waals surface area (Å²) in [5, 5.41) is 4.89. The number of carbonyl (C=O) groups excluding carboxylic acids is 2. The molecule has 0 aromatic heterocycles. The van der Waals surface area contributed by atoms with Crippen molar-refractivity contribution in [2.75, 3.05) is 45.5 Å². The van der Waals surface area contributed by atoms with Gasteiger partial charge in [-0.25, -0.2) is 13.2 Å². The van der Waals surface area contributed by atoms with Gasteiger partial charge in [-0.3, -0.25) is 4.79 Å². The van der Waals surface area contributed by atoms with Gasteiger partial charge in [0.25, 0.3) is 0 Å². The summed E-state index contributed by atoms with van der Waals surface area (Å²) in [6.45, 7) is 5.30. The minimum atomic E-state index is -3.24. The smallest absolute Gasteiger partial charge is 0.351 e. The lowest BCUT2D eigenvalue weighted by Crippen LogP contribution is -2.46. The molecule has 1 N–H and O–H groups in total. The monoisotopic (exact) mass is 608 g/mol. The van der Waals surface area contributed by atoms with Gasteiger partial charge >= 0.3 is 6.09 Å². The van der Waals surface area contributed by atoms with Gasteiger partial charge in [-0.2, -0.15) is 0 Å². The van der Waals surface area contributed by atoms with Gasteiger partial charge < -0.3 is 20.0 Å². The first-order valence-electron chi connectivity index (χ1n) is 15.8. The molecular formula is C33H44N4O5S. The SMILES string of the molecule is CS(=O)(=O)c1ccc(CN2CCC3(CCN(C[C@H]4CN(OC(=O)NC5CCCC5)C[C@@H]4c4ccccc4)CC3)C2=O)cc1. The first kappa shape index (κ1) is 30.1. The van der Waals surface area contributed by atoms with Gasteiger partial charge in [0.15, 0.2) is 9.84 Å². The summed E-state index contributed by atoms with van der Waals surface area (Å²) in [7, 11) is -3.24. The fourth-order valence-corrected chi connectivity index (χ4v) is 8.25. The van der Waals surface area contributed by atoms with Gasteiger partial charge in [0.1, 0.15) is 0 Å². The lowest BCUT2D eigenvalue weighted by molar-refractivity contribution is -0.139. The molecule has 4 aliphatic rings. The summed E-state index contributed by atoms with van der Waals surface area (Å²) in [4.78, 5) is 36.8. The number of amides is 2. The molecule has 2 aromatic rings. The van der Waals surface area contributed by atoms with Crippen LogP contribution < -0.4 is 5.32 Å². The molecule has 0 radical (unpaired) electrons. The van der Waals surface area contributed by atoms with E-state index in [-0.39, 0.29) is 29.4 Å². The maximum atomic E-state index is 13.6. The molecule has 43 heavy (non-hydrogen) atoms. The van der Waals surface area contributed by atoms with E-state index < -0.39 is 9.84 Å². The zero-order chi connectivity index (χ0) is 30.0. The number of nitrogens with zero attached hydrogens (tertiary/aromatic N) is 3. The van der Waals surface area contributed by atoms with Crippen LogP contribution in [0.5, 0.6) is 0 Å². The van der Waals surface area contributed by atoms with Crippen LogP contribution in [0.25, 0.3) is 0 Å². The highest BCUT2D eigenvalue weighted by atomic mass is 32.2. The van der Waals surface area contributed by atoms with E-state index in [1.54, 1.807) is 12.1 Å². The van der Waals surface area contributed by atoms with Crippen molar-refractivity contribution in [3.05, 3.63) is 65.7 Å². The normalized spacial score (nSPS) is 25.0. The Hall–Kier alpha value is -2.95. The van der Waals surface area contributed by atoms with E-state index in [0.29, 0.717) is 30.4 Å². The molecule has 2 aromatic carbocycles. The molecule has 1 aliphatic carbocycles. The summed E-state index contributed by atoms with van der Waals surface area (Å²) < 4.78 is 23.6. The molecule has 232 valence electrons. The molecule has 9 nitrogen and oxygen atoms in total. The Morgan fingerprint density at radius 1 is 0.953 bits per heavy atom. The summed E-state index contributed by atoms with van der Waals surface area (Å²) in [5.41, 5.74) is 1.92. The Bertz CT molecular complexity index is 1390. The van der Waals surface area contributed by atoms with E-state index in [1.807, 2.05) is 28.2 Å². The number of hydrogen-bond donors (Lipinski definition) is 1. The fraction of sp³-hybridized carbons (Fsp3) is 0.576. The second kappa shape index (κ2) is 12.6. The number of hydroxylamine groups is 2. The Labute approximate surface area is 255 Å². The number of benzene rings is 2. The molecule has 0 unspecified atom stereocenters. The maximum Gasteiger partial charge on any atom is 0.426 e. The first-order chi connectivity index (χ1) is 20.7. The van der Waals surface area contributed by atoms with Crippen LogP contribution in [-0.2, 0) is 26.0 Å². The number of carbonyl (C=O) groups is 2. The van der Waals surface area contributed by atoms with E-state index in [2.05, 4.69) is 34.5 Å². The number of rotatable bonds is 8. The molecule has 3 saturated heterocycles. The van der Waals surface area contributed by atoms with Crippen LogP contribution in [0, 0.1) is 11.3 Å². The van der Waals surface area contributed by atoms with Crippen molar-refractivity contribution in [3.8, 4) is 0 Å². The molecule has 0 bridgehead atoms. The third-order valence-corrected chi connectivity index (χ3v) is 11.3. The zero-order valence-electron chi connectivity index (χ0n) is 25.1. The Kier molecular flexibility index (Phi) is 8.80. The molecule has 2 atom stereocenters. The highest BCUT2D eigenvalue weighted by Crippen LogP contribution is 2.43. The molecule has 1 spiro atoms. The van der Waals surface area contributed by atoms with E-state index in [1.165, 1.54) is 11.8 Å². The minimum absolute atomic E-state index is 0.228. The second-order valence-electron chi connectivity index (χ2n) is 13.1. The molecule has 3 heterocycles. The average molecular weight is 609 g/mol. The quantitative estimate of drug-likeness (QED) is 0.480. The Morgan fingerprint density at radius 3 is 2.30 bits per heavy atom. The van der Waals surface area contributed by atoms with E-state index in [9.17, 15) is 18.0 Å². The second-order valence-corrected chi connectivity index (χ2v) is 15.1. The van der Waals surface area contributed by atoms with E-state index in [4.69, 9.17) is 4.84 Å². The molecule has 1 saturated carbocycles. The fourth-order valence-electron chi connectivity index (χ4n) is 7.61. The van der Waals surface area contributed by atoms with Crippen LogP contribution in [-0.4, -0.2) is 86.8 Å². The summed E-state index contributed by atoms with van der Waals surface area (Å²) in [6.07, 6.45) is 7.81. The molecular weight excluding hydrogens is 564 g/mol. The van der Waals surface area contributed by atoms with Crippen LogP contribution in [0.4, 0.5) is 4.79 Å². The van der Waals surface area contributed by atoms with Crippen LogP contribution in [0.2, 0.25) is 0 Å². The summed E-state index contributed by atoms with van der Waals surface area (Å²) >= 11 is 0. The van der Waals surface area contributed by atoms with Crippen molar-refractivity contribution in [1.29, 1.82) is 0 Å². The number of nitrogens with one attached hydrogen (secondary N) is 1.